The summed E-state index contributed by atoms with van der Waals surface area (Å²) in [5.74, 6) is 0.403. The maximum Gasteiger partial charge on any atom is 0.233 e. The second kappa shape index (κ2) is 6.40. The lowest BCUT2D eigenvalue weighted by atomic mass is 10.4. The molecule has 2 heterocycles. The molecule has 8 heteroatoms. The zero-order valence-corrected chi connectivity index (χ0v) is 12.9. The molecule has 0 saturated carbocycles. The van der Waals surface area contributed by atoms with Crippen LogP contribution in [0.5, 0.6) is 0 Å². The van der Waals surface area contributed by atoms with Crippen molar-refractivity contribution < 1.29 is 4.79 Å². The average molecular weight is 317 g/mol. The molecule has 0 atom stereocenters. The minimum Gasteiger partial charge on any atom is -0.340 e. The number of thiophene rings is 1. The van der Waals surface area contributed by atoms with Crippen LogP contribution in [0, 0.1) is 0 Å². The SMILES string of the molecule is CN(Cc1ccc(Cl)s1)C(=O)CSc1nncn1C. The number of halogens is 1. The molecule has 0 aliphatic carbocycles. The minimum atomic E-state index is 0.0533. The van der Waals surface area contributed by atoms with Gasteiger partial charge in [0.2, 0.25) is 5.91 Å². The zero-order chi connectivity index (χ0) is 13.8. The summed E-state index contributed by atoms with van der Waals surface area (Å²) in [5, 5.41) is 8.43. The van der Waals surface area contributed by atoms with Crippen LogP contribution in [0.3, 0.4) is 0 Å². The fourth-order valence-corrected chi connectivity index (χ4v) is 3.37. The zero-order valence-electron chi connectivity index (χ0n) is 10.5. The first-order chi connectivity index (χ1) is 9.06. The molecule has 0 saturated heterocycles. The van der Waals surface area contributed by atoms with Gasteiger partial charge in [0.25, 0.3) is 0 Å². The van der Waals surface area contributed by atoms with Crippen LogP contribution in [0.1, 0.15) is 4.88 Å². The van der Waals surface area contributed by atoms with Crippen molar-refractivity contribution in [3.05, 3.63) is 27.7 Å². The first-order valence-corrected chi connectivity index (χ1v) is 7.69. The molecule has 0 fully saturated rings. The summed E-state index contributed by atoms with van der Waals surface area (Å²) in [7, 11) is 3.64. The Bertz CT molecular complexity index is 569. The molecule has 2 aromatic heterocycles. The molecule has 2 aromatic rings. The van der Waals surface area contributed by atoms with Crippen LogP contribution < -0.4 is 0 Å². The summed E-state index contributed by atoms with van der Waals surface area (Å²) in [6, 6.07) is 3.78. The Morgan fingerprint density at radius 2 is 2.37 bits per heavy atom. The van der Waals surface area contributed by atoms with Crippen molar-refractivity contribution in [3.63, 3.8) is 0 Å². The molecule has 0 aliphatic rings. The van der Waals surface area contributed by atoms with Gasteiger partial charge in [-0.1, -0.05) is 23.4 Å². The second-order valence-corrected chi connectivity index (χ2v) is 6.71. The van der Waals surface area contributed by atoms with Gasteiger partial charge >= 0.3 is 0 Å². The van der Waals surface area contributed by atoms with E-state index in [1.807, 2.05) is 19.2 Å². The number of aryl methyl sites for hydroxylation is 1. The molecule has 0 spiro atoms. The van der Waals surface area contributed by atoms with Crippen molar-refractivity contribution in [3.8, 4) is 0 Å². The molecular weight excluding hydrogens is 304 g/mol. The largest absolute Gasteiger partial charge is 0.340 e. The van der Waals surface area contributed by atoms with E-state index in [-0.39, 0.29) is 5.91 Å². The molecule has 0 aliphatic heterocycles. The van der Waals surface area contributed by atoms with Crippen molar-refractivity contribution in [2.75, 3.05) is 12.8 Å². The normalized spacial score (nSPS) is 10.7. The highest BCUT2D eigenvalue weighted by molar-refractivity contribution is 7.99. The highest BCUT2D eigenvalue weighted by atomic mass is 35.5. The fourth-order valence-electron chi connectivity index (χ4n) is 1.40. The average Bonchev–Trinajstić information content (AvgIpc) is 2.95. The van der Waals surface area contributed by atoms with Gasteiger partial charge in [-0.2, -0.15) is 0 Å². The summed E-state index contributed by atoms with van der Waals surface area (Å²) in [5.41, 5.74) is 0. The number of amides is 1. The number of thioether (sulfide) groups is 1. The summed E-state index contributed by atoms with van der Waals surface area (Å²) >= 11 is 8.73. The van der Waals surface area contributed by atoms with Gasteiger partial charge in [-0.05, 0) is 12.1 Å². The van der Waals surface area contributed by atoms with Crippen molar-refractivity contribution in [1.29, 1.82) is 0 Å². The quantitative estimate of drug-likeness (QED) is 0.794. The first-order valence-electron chi connectivity index (χ1n) is 5.51. The third-order valence-corrected chi connectivity index (χ3v) is 4.68. The second-order valence-electron chi connectivity index (χ2n) is 3.97. The van der Waals surface area contributed by atoms with E-state index < -0.39 is 0 Å². The van der Waals surface area contributed by atoms with E-state index in [4.69, 9.17) is 11.6 Å². The molecule has 1 amide bonds. The predicted molar refractivity (Wildman–Crippen MR) is 77.5 cm³/mol. The van der Waals surface area contributed by atoms with E-state index in [2.05, 4.69) is 10.2 Å². The van der Waals surface area contributed by atoms with Gasteiger partial charge in [0.1, 0.15) is 6.33 Å². The predicted octanol–water partition coefficient (Wildman–Crippen LogP) is 2.28. The molecule has 5 nitrogen and oxygen atoms in total. The van der Waals surface area contributed by atoms with Crippen molar-refractivity contribution in [1.82, 2.24) is 19.7 Å². The smallest absolute Gasteiger partial charge is 0.233 e. The molecule has 0 radical (unpaired) electrons. The van der Waals surface area contributed by atoms with Gasteiger partial charge in [-0.25, -0.2) is 0 Å². The summed E-state index contributed by atoms with van der Waals surface area (Å²) in [4.78, 5) is 14.7. The Labute approximate surface area is 124 Å². The fraction of sp³-hybridized carbons (Fsp3) is 0.364. The van der Waals surface area contributed by atoms with Crippen LogP contribution in [0.15, 0.2) is 23.6 Å². The van der Waals surface area contributed by atoms with E-state index in [0.717, 1.165) is 14.4 Å². The standard InChI is InChI=1S/C11H13ClN4OS2/c1-15(5-8-3-4-9(12)19-8)10(17)6-18-11-14-13-7-16(11)2/h3-4,7H,5-6H2,1-2H3. The molecule has 19 heavy (non-hydrogen) atoms. The topological polar surface area (TPSA) is 51.0 Å². The lowest BCUT2D eigenvalue weighted by Gasteiger charge is -2.15. The highest BCUT2D eigenvalue weighted by Gasteiger charge is 2.12. The Morgan fingerprint density at radius 3 is 2.95 bits per heavy atom. The van der Waals surface area contributed by atoms with Gasteiger partial charge in [-0.3, -0.25) is 4.79 Å². The maximum atomic E-state index is 12.0. The van der Waals surface area contributed by atoms with Crippen LogP contribution >= 0.6 is 34.7 Å². The molecule has 0 unspecified atom stereocenters. The van der Waals surface area contributed by atoms with Gasteiger partial charge in [0.05, 0.1) is 16.6 Å². The Balaban J connectivity index is 1.84. The van der Waals surface area contributed by atoms with Crippen LogP contribution in [0.4, 0.5) is 0 Å². The number of hydrogen-bond donors (Lipinski definition) is 0. The van der Waals surface area contributed by atoms with Gasteiger partial charge < -0.3 is 9.47 Å². The van der Waals surface area contributed by atoms with E-state index in [0.29, 0.717) is 12.3 Å². The Morgan fingerprint density at radius 1 is 1.58 bits per heavy atom. The van der Waals surface area contributed by atoms with E-state index in [9.17, 15) is 4.79 Å². The van der Waals surface area contributed by atoms with E-state index >= 15 is 0 Å². The van der Waals surface area contributed by atoms with Crippen molar-refractivity contribution >= 4 is 40.6 Å². The third-order valence-electron chi connectivity index (χ3n) is 2.44. The number of aromatic nitrogens is 3. The van der Waals surface area contributed by atoms with Crippen molar-refractivity contribution in [2.24, 2.45) is 7.05 Å². The van der Waals surface area contributed by atoms with Crippen LogP contribution in [-0.4, -0.2) is 38.4 Å². The van der Waals surface area contributed by atoms with E-state index in [1.165, 1.54) is 23.1 Å². The summed E-state index contributed by atoms with van der Waals surface area (Å²) in [6.45, 7) is 0.579. The number of carbonyl (C=O) groups is 1. The number of carbonyl (C=O) groups excluding carboxylic acids is 1. The highest BCUT2D eigenvalue weighted by Crippen LogP contribution is 2.22. The van der Waals surface area contributed by atoms with E-state index in [1.54, 1.807) is 22.8 Å². The maximum absolute atomic E-state index is 12.0. The molecule has 0 aromatic carbocycles. The summed E-state index contributed by atoms with van der Waals surface area (Å²) in [6.07, 6.45) is 1.62. The Kier molecular flexibility index (Phi) is 4.84. The number of nitrogens with zero attached hydrogens (tertiary/aromatic N) is 4. The molecule has 0 bridgehead atoms. The third kappa shape index (κ3) is 3.95. The number of rotatable bonds is 5. The molecule has 102 valence electrons. The van der Waals surface area contributed by atoms with Gasteiger partial charge in [0, 0.05) is 19.0 Å². The lowest BCUT2D eigenvalue weighted by molar-refractivity contribution is -0.127. The minimum absolute atomic E-state index is 0.0533. The molecule has 2 rings (SSSR count). The monoisotopic (exact) mass is 316 g/mol. The summed E-state index contributed by atoms with van der Waals surface area (Å²) < 4.78 is 2.53. The van der Waals surface area contributed by atoms with Crippen LogP contribution in [0.25, 0.3) is 0 Å². The van der Waals surface area contributed by atoms with Crippen molar-refractivity contribution in [2.45, 2.75) is 11.7 Å². The molecular formula is C11H13ClN4OS2. The lowest BCUT2D eigenvalue weighted by Crippen LogP contribution is -2.27. The van der Waals surface area contributed by atoms with Crippen LogP contribution in [-0.2, 0) is 18.4 Å². The van der Waals surface area contributed by atoms with Gasteiger partial charge in [-0.15, -0.1) is 21.5 Å². The number of hydrogen-bond acceptors (Lipinski definition) is 5. The van der Waals surface area contributed by atoms with Gasteiger partial charge in [0.15, 0.2) is 5.16 Å². The molecule has 0 N–H and O–H groups in total. The first kappa shape index (κ1) is 14.4. The Hall–Kier alpha value is -1.05. The van der Waals surface area contributed by atoms with Crippen LogP contribution in [0.2, 0.25) is 4.34 Å².